The van der Waals surface area contributed by atoms with Crippen LogP contribution in [0.3, 0.4) is 0 Å². The first kappa shape index (κ1) is 14.4. The maximum atomic E-state index is 8.81. The van der Waals surface area contributed by atoms with E-state index >= 15 is 0 Å². The topological polar surface area (TPSA) is 83.4 Å². The molecule has 0 bridgehead atoms. The molecule has 0 saturated carbocycles. The van der Waals surface area contributed by atoms with Gasteiger partial charge in [0.1, 0.15) is 16.7 Å². The molecule has 0 amide bonds. The maximum Gasteiger partial charge on any atom is 0.189 e. The minimum Gasteiger partial charge on any atom is -0.493 e. The third-order valence-corrected chi connectivity index (χ3v) is 4.43. The van der Waals surface area contributed by atoms with Crippen molar-refractivity contribution in [3.05, 3.63) is 51.7 Å². The lowest BCUT2D eigenvalue weighted by molar-refractivity contribution is 0.262. The van der Waals surface area contributed by atoms with E-state index in [0.29, 0.717) is 24.0 Å². The van der Waals surface area contributed by atoms with E-state index in [0.717, 1.165) is 22.6 Å². The Morgan fingerprint density at radius 1 is 1.41 bits per heavy atom. The first-order valence-electron chi connectivity index (χ1n) is 7.03. The number of benzene rings is 1. The lowest BCUT2D eigenvalue weighted by Crippen LogP contribution is -2.37. The standard InChI is InChI=1S/C16H16N4OS/c17-9-11-5-6-12(22-11)10-19-16(18)20-14-7-8-21-15-4-2-1-3-13(14)15/h1-6,14H,7-8,10H2,(H3,18,19,20). The second-order valence-corrected chi connectivity index (χ2v) is 6.12. The highest BCUT2D eigenvalue weighted by atomic mass is 32.1. The Bertz CT molecular complexity index is 732. The van der Waals surface area contributed by atoms with Crippen molar-refractivity contribution in [1.29, 1.82) is 5.26 Å². The predicted octanol–water partition coefficient (Wildman–Crippen LogP) is 2.55. The van der Waals surface area contributed by atoms with Crippen molar-refractivity contribution < 1.29 is 4.74 Å². The molecule has 1 unspecified atom stereocenters. The Hall–Kier alpha value is -2.52. The summed E-state index contributed by atoms with van der Waals surface area (Å²) < 4.78 is 5.63. The first-order chi connectivity index (χ1) is 10.8. The summed E-state index contributed by atoms with van der Waals surface area (Å²) in [5.74, 6) is 1.31. The van der Waals surface area contributed by atoms with Gasteiger partial charge in [0.25, 0.3) is 0 Å². The number of hydrogen-bond acceptors (Lipinski definition) is 4. The fourth-order valence-electron chi connectivity index (χ4n) is 2.40. The zero-order valence-corrected chi connectivity index (χ0v) is 12.8. The number of nitrogens with one attached hydrogen (secondary N) is 1. The quantitative estimate of drug-likeness (QED) is 0.674. The third kappa shape index (κ3) is 3.21. The van der Waals surface area contributed by atoms with Gasteiger partial charge < -0.3 is 15.8 Å². The molecular weight excluding hydrogens is 296 g/mol. The fraction of sp³-hybridized carbons (Fsp3) is 0.250. The van der Waals surface area contributed by atoms with Gasteiger partial charge in [-0.2, -0.15) is 5.26 Å². The van der Waals surface area contributed by atoms with Gasteiger partial charge in [-0.25, -0.2) is 4.99 Å². The molecule has 0 saturated heterocycles. The van der Waals surface area contributed by atoms with Gasteiger partial charge in [0, 0.05) is 16.9 Å². The van der Waals surface area contributed by atoms with E-state index in [1.807, 2.05) is 30.3 Å². The first-order valence-corrected chi connectivity index (χ1v) is 7.85. The molecule has 22 heavy (non-hydrogen) atoms. The number of nitriles is 1. The SMILES string of the molecule is N#Cc1ccc(CN=C(N)NC2CCOc3ccccc32)s1. The van der Waals surface area contributed by atoms with Crippen LogP contribution in [-0.4, -0.2) is 12.6 Å². The van der Waals surface area contributed by atoms with Gasteiger partial charge >= 0.3 is 0 Å². The van der Waals surface area contributed by atoms with Gasteiger partial charge in [0.15, 0.2) is 5.96 Å². The zero-order chi connectivity index (χ0) is 15.4. The number of hydrogen-bond donors (Lipinski definition) is 2. The molecule has 1 atom stereocenters. The molecule has 0 radical (unpaired) electrons. The Morgan fingerprint density at radius 3 is 3.09 bits per heavy atom. The molecule has 0 aliphatic carbocycles. The van der Waals surface area contributed by atoms with Crippen molar-refractivity contribution in [2.75, 3.05) is 6.61 Å². The van der Waals surface area contributed by atoms with Crippen LogP contribution in [0.2, 0.25) is 0 Å². The number of rotatable bonds is 3. The average molecular weight is 312 g/mol. The zero-order valence-electron chi connectivity index (χ0n) is 12.0. The average Bonchev–Trinajstić information content (AvgIpc) is 3.01. The summed E-state index contributed by atoms with van der Waals surface area (Å²) in [6, 6.07) is 13.9. The largest absolute Gasteiger partial charge is 0.493 e. The molecule has 1 aromatic heterocycles. The van der Waals surface area contributed by atoms with E-state index in [1.54, 1.807) is 6.07 Å². The van der Waals surface area contributed by atoms with Crippen LogP contribution in [0.25, 0.3) is 0 Å². The molecule has 1 aliphatic rings. The van der Waals surface area contributed by atoms with Gasteiger partial charge in [-0.15, -0.1) is 11.3 Å². The number of para-hydroxylation sites is 1. The van der Waals surface area contributed by atoms with Crippen molar-refractivity contribution >= 4 is 17.3 Å². The maximum absolute atomic E-state index is 8.81. The number of ether oxygens (including phenoxy) is 1. The van der Waals surface area contributed by atoms with E-state index in [1.165, 1.54) is 11.3 Å². The van der Waals surface area contributed by atoms with E-state index in [-0.39, 0.29) is 6.04 Å². The molecule has 0 spiro atoms. The summed E-state index contributed by atoms with van der Waals surface area (Å²) in [6.07, 6.45) is 0.852. The van der Waals surface area contributed by atoms with Gasteiger partial charge in [0.05, 0.1) is 19.2 Å². The van der Waals surface area contributed by atoms with Crippen LogP contribution in [0.5, 0.6) is 5.75 Å². The molecule has 2 aromatic rings. The molecule has 5 nitrogen and oxygen atoms in total. The highest BCUT2D eigenvalue weighted by Crippen LogP contribution is 2.31. The van der Waals surface area contributed by atoms with Crippen LogP contribution in [-0.2, 0) is 6.54 Å². The molecule has 3 rings (SSSR count). The summed E-state index contributed by atoms with van der Waals surface area (Å²) >= 11 is 1.44. The van der Waals surface area contributed by atoms with Crippen LogP contribution in [0.4, 0.5) is 0 Å². The van der Waals surface area contributed by atoms with Crippen molar-refractivity contribution in [2.45, 2.75) is 19.0 Å². The highest BCUT2D eigenvalue weighted by Gasteiger charge is 2.21. The van der Waals surface area contributed by atoms with E-state index in [9.17, 15) is 0 Å². The Kier molecular flexibility index (Phi) is 4.26. The normalized spacial score (nSPS) is 17.2. The van der Waals surface area contributed by atoms with Crippen LogP contribution in [0.15, 0.2) is 41.4 Å². The van der Waals surface area contributed by atoms with Crippen molar-refractivity contribution in [1.82, 2.24) is 5.32 Å². The Morgan fingerprint density at radius 2 is 2.27 bits per heavy atom. The predicted molar refractivity (Wildman–Crippen MR) is 86.8 cm³/mol. The lowest BCUT2D eigenvalue weighted by atomic mass is 10.0. The van der Waals surface area contributed by atoms with Crippen LogP contribution >= 0.6 is 11.3 Å². The van der Waals surface area contributed by atoms with Gasteiger partial charge in [-0.05, 0) is 18.2 Å². The molecule has 6 heteroatoms. The van der Waals surface area contributed by atoms with E-state index < -0.39 is 0 Å². The molecular formula is C16H16N4OS. The van der Waals surface area contributed by atoms with Crippen molar-refractivity contribution in [3.8, 4) is 11.8 Å². The molecule has 112 valence electrons. The van der Waals surface area contributed by atoms with Gasteiger partial charge in [-0.3, -0.25) is 0 Å². The molecule has 2 heterocycles. The van der Waals surface area contributed by atoms with Crippen molar-refractivity contribution in [2.24, 2.45) is 10.7 Å². The summed E-state index contributed by atoms with van der Waals surface area (Å²) in [4.78, 5) is 6.06. The number of fused-ring (bicyclic) bond motifs is 1. The Labute approximate surface area is 133 Å². The van der Waals surface area contributed by atoms with Gasteiger partial charge in [0.2, 0.25) is 0 Å². The Balaban J connectivity index is 1.66. The van der Waals surface area contributed by atoms with Crippen molar-refractivity contribution in [3.63, 3.8) is 0 Å². The third-order valence-electron chi connectivity index (χ3n) is 3.46. The molecule has 3 N–H and O–H groups in total. The van der Waals surface area contributed by atoms with Gasteiger partial charge in [-0.1, -0.05) is 18.2 Å². The monoisotopic (exact) mass is 312 g/mol. The smallest absolute Gasteiger partial charge is 0.189 e. The molecule has 1 aliphatic heterocycles. The number of nitrogens with zero attached hydrogens (tertiary/aromatic N) is 2. The number of aliphatic imine (C=N–C) groups is 1. The summed E-state index contributed by atoms with van der Waals surface area (Å²) in [5, 5.41) is 12.1. The van der Waals surface area contributed by atoms with Crippen LogP contribution < -0.4 is 15.8 Å². The highest BCUT2D eigenvalue weighted by molar-refractivity contribution is 7.12. The fourth-order valence-corrected chi connectivity index (χ4v) is 3.13. The second-order valence-electron chi connectivity index (χ2n) is 4.95. The minimum atomic E-state index is 0.117. The summed E-state index contributed by atoms with van der Waals surface area (Å²) in [6.45, 7) is 1.15. The summed E-state index contributed by atoms with van der Waals surface area (Å²) in [5.41, 5.74) is 7.09. The second kappa shape index (κ2) is 6.50. The lowest BCUT2D eigenvalue weighted by Gasteiger charge is -2.26. The minimum absolute atomic E-state index is 0.117. The van der Waals surface area contributed by atoms with E-state index in [2.05, 4.69) is 16.4 Å². The summed E-state index contributed by atoms with van der Waals surface area (Å²) in [7, 11) is 0. The number of nitrogens with two attached hydrogens (primary N) is 1. The van der Waals surface area contributed by atoms with Crippen LogP contribution in [0, 0.1) is 11.3 Å². The number of guanidine groups is 1. The molecule has 0 fully saturated rings. The van der Waals surface area contributed by atoms with E-state index in [4.69, 9.17) is 15.7 Å². The van der Waals surface area contributed by atoms with Crippen LogP contribution in [0.1, 0.15) is 27.8 Å². The molecule has 1 aromatic carbocycles. The number of thiophene rings is 1.